The molecule has 11 heteroatoms. The van der Waals surface area contributed by atoms with Crippen molar-refractivity contribution < 1.29 is 22.6 Å². The van der Waals surface area contributed by atoms with Gasteiger partial charge in [-0.1, -0.05) is 55.8 Å². The zero-order chi connectivity index (χ0) is 25.6. The molecule has 1 heterocycles. The summed E-state index contributed by atoms with van der Waals surface area (Å²) in [7, 11) is -4.23. The number of nitro groups is 1. The quantitative estimate of drug-likeness (QED) is 0.267. The van der Waals surface area contributed by atoms with Crippen LogP contribution in [0.25, 0.3) is 0 Å². The molecule has 0 aliphatic carbocycles. The first-order chi connectivity index (χ1) is 16.6. The topological polar surface area (TPSA) is 114 Å². The molecule has 0 fully saturated rings. The van der Waals surface area contributed by atoms with Gasteiger partial charge < -0.3 is 9.32 Å². The van der Waals surface area contributed by atoms with E-state index < -0.39 is 33.1 Å². The lowest BCUT2D eigenvalue weighted by molar-refractivity contribution is -0.384. The number of furan rings is 1. The first-order valence-corrected chi connectivity index (χ1v) is 12.7. The van der Waals surface area contributed by atoms with E-state index in [0.717, 1.165) is 15.9 Å². The van der Waals surface area contributed by atoms with E-state index in [2.05, 4.69) is 0 Å². The normalized spacial score (nSPS) is 11.7. The molecule has 0 unspecified atom stereocenters. The predicted molar refractivity (Wildman–Crippen MR) is 131 cm³/mol. The van der Waals surface area contributed by atoms with Crippen molar-refractivity contribution in [2.75, 3.05) is 13.1 Å². The van der Waals surface area contributed by atoms with E-state index in [1.807, 2.05) is 44.2 Å². The van der Waals surface area contributed by atoms with Gasteiger partial charge in [0, 0.05) is 19.2 Å². The van der Waals surface area contributed by atoms with E-state index >= 15 is 0 Å². The van der Waals surface area contributed by atoms with Gasteiger partial charge in [0.05, 0.1) is 29.2 Å². The lowest BCUT2D eigenvalue weighted by Gasteiger charge is -2.28. The summed E-state index contributed by atoms with van der Waals surface area (Å²) in [6, 6.07) is 16.1. The smallest absolute Gasteiger partial charge is 0.289 e. The second-order valence-corrected chi connectivity index (χ2v) is 10.7. The molecule has 0 spiro atoms. The summed E-state index contributed by atoms with van der Waals surface area (Å²) in [4.78, 5) is 25.2. The molecular weight excluding hydrogens is 494 g/mol. The van der Waals surface area contributed by atoms with Gasteiger partial charge in [-0.25, -0.2) is 8.42 Å². The highest BCUT2D eigenvalue weighted by Crippen LogP contribution is 2.29. The molecule has 0 aliphatic heterocycles. The van der Waals surface area contributed by atoms with Crippen molar-refractivity contribution in [1.29, 1.82) is 0 Å². The third-order valence-corrected chi connectivity index (χ3v) is 7.26. The number of hydrogen-bond donors (Lipinski definition) is 0. The van der Waals surface area contributed by atoms with Crippen LogP contribution in [0.1, 0.15) is 25.2 Å². The van der Waals surface area contributed by atoms with Crippen molar-refractivity contribution in [3.05, 3.63) is 93.4 Å². The first-order valence-electron chi connectivity index (χ1n) is 10.9. The summed E-state index contributed by atoms with van der Waals surface area (Å²) in [6.45, 7) is 3.66. The maximum atomic E-state index is 13.5. The molecule has 0 bridgehead atoms. The van der Waals surface area contributed by atoms with Gasteiger partial charge in [-0.2, -0.15) is 4.31 Å². The first kappa shape index (κ1) is 26.4. The lowest BCUT2D eigenvalue weighted by Crippen LogP contribution is -2.43. The minimum atomic E-state index is -4.23. The van der Waals surface area contributed by atoms with Crippen LogP contribution in [0.4, 0.5) is 5.69 Å². The summed E-state index contributed by atoms with van der Waals surface area (Å²) in [5.41, 5.74) is 0.353. The number of hydrogen-bond acceptors (Lipinski definition) is 6. The molecule has 3 aromatic rings. The van der Waals surface area contributed by atoms with Gasteiger partial charge in [0.1, 0.15) is 10.8 Å². The molecular formula is C24H26ClN3O6S. The molecule has 0 saturated carbocycles. The van der Waals surface area contributed by atoms with Crippen molar-refractivity contribution in [3.8, 4) is 0 Å². The number of carbonyl (C=O) groups is 1. The van der Waals surface area contributed by atoms with Crippen LogP contribution in [-0.2, 0) is 27.9 Å². The van der Waals surface area contributed by atoms with Gasteiger partial charge in [0.2, 0.25) is 15.9 Å². The Bertz CT molecular complexity index is 1260. The fourth-order valence-corrected chi connectivity index (χ4v) is 5.23. The average Bonchev–Trinajstić information content (AvgIpc) is 3.31. The molecule has 0 atom stereocenters. The maximum Gasteiger partial charge on any atom is 0.289 e. The zero-order valence-corrected chi connectivity index (χ0v) is 20.9. The Hall–Kier alpha value is -3.21. The molecule has 0 N–H and O–H groups in total. The number of halogens is 1. The van der Waals surface area contributed by atoms with Gasteiger partial charge in [-0.05, 0) is 35.7 Å². The Morgan fingerprint density at radius 3 is 2.40 bits per heavy atom. The summed E-state index contributed by atoms with van der Waals surface area (Å²) < 4.78 is 33.4. The molecule has 186 valence electrons. The lowest BCUT2D eigenvalue weighted by atomic mass is 10.2. The maximum absolute atomic E-state index is 13.5. The third-order valence-electron chi connectivity index (χ3n) is 5.13. The fourth-order valence-electron chi connectivity index (χ4n) is 3.47. The van der Waals surface area contributed by atoms with Gasteiger partial charge in [0.25, 0.3) is 5.69 Å². The summed E-state index contributed by atoms with van der Waals surface area (Å²) in [5.74, 6) is 0.0197. The van der Waals surface area contributed by atoms with E-state index in [4.69, 9.17) is 16.0 Å². The third kappa shape index (κ3) is 6.91. The highest BCUT2D eigenvalue weighted by atomic mass is 35.5. The molecule has 35 heavy (non-hydrogen) atoms. The van der Waals surface area contributed by atoms with E-state index in [9.17, 15) is 23.3 Å². The van der Waals surface area contributed by atoms with E-state index in [1.54, 1.807) is 12.1 Å². The number of nitro benzene ring substituents is 1. The van der Waals surface area contributed by atoms with Crippen LogP contribution in [0.15, 0.2) is 76.2 Å². The van der Waals surface area contributed by atoms with Gasteiger partial charge in [-0.3, -0.25) is 14.9 Å². The number of nitrogens with zero attached hydrogens (tertiary/aromatic N) is 3. The summed E-state index contributed by atoms with van der Waals surface area (Å²) in [6.07, 6.45) is 1.50. The second kappa shape index (κ2) is 11.5. The van der Waals surface area contributed by atoms with Crippen molar-refractivity contribution >= 4 is 33.2 Å². The van der Waals surface area contributed by atoms with E-state index in [0.29, 0.717) is 5.76 Å². The number of benzene rings is 2. The van der Waals surface area contributed by atoms with E-state index in [1.165, 1.54) is 23.3 Å². The SMILES string of the molecule is CC(C)CN(CC(=O)N(Cc1ccccc1)Cc1ccco1)S(=O)(=O)c1ccc(Cl)c([N+](=O)[O-])c1. The minimum Gasteiger partial charge on any atom is -0.467 e. The van der Waals surface area contributed by atoms with Gasteiger partial charge in [0.15, 0.2) is 0 Å². The van der Waals surface area contributed by atoms with Crippen LogP contribution in [-0.4, -0.2) is 41.5 Å². The van der Waals surface area contributed by atoms with Crippen molar-refractivity contribution in [2.45, 2.75) is 31.8 Å². The Kier molecular flexibility index (Phi) is 8.66. The van der Waals surface area contributed by atoms with Crippen LogP contribution in [0, 0.1) is 16.0 Å². The molecule has 1 amide bonds. The molecule has 0 aliphatic rings. The Morgan fingerprint density at radius 1 is 1.09 bits per heavy atom. The summed E-state index contributed by atoms with van der Waals surface area (Å²) in [5, 5.41) is 11.1. The van der Waals surface area contributed by atoms with Crippen LogP contribution in [0.2, 0.25) is 5.02 Å². The van der Waals surface area contributed by atoms with Crippen LogP contribution < -0.4 is 0 Å². The summed E-state index contributed by atoms with van der Waals surface area (Å²) >= 11 is 5.86. The molecule has 0 saturated heterocycles. The Labute approximate surface area is 209 Å². The standard InChI is InChI=1S/C24H26ClN3O6S/c1-18(2)14-27(35(32,33)21-10-11-22(25)23(13-21)28(30)31)17-24(29)26(16-20-9-6-12-34-20)15-19-7-4-3-5-8-19/h3-13,18H,14-17H2,1-2H3. The second-order valence-electron chi connectivity index (χ2n) is 8.38. The van der Waals surface area contributed by atoms with Crippen molar-refractivity contribution in [3.63, 3.8) is 0 Å². The number of carbonyl (C=O) groups excluding carboxylic acids is 1. The minimum absolute atomic E-state index is 0.0461. The molecule has 1 aromatic heterocycles. The van der Waals surface area contributed by atoms with Crippen LogP contribution >= 0.6 is 11.6 Å². The number of sulfonamides is 1. The highest BCUT2D eigenvalue weighted by molar-refractivity contribution is 7.89. The highest BCUT2D eigenvalue weighted by Gasteiger charge is 2.31. The van der Waals surface area contributed by atoms with E-state index in [-0.39, 0.29) is 35.5 Å². The monoisotopic (exact) mass is 519 g/mol. The Balaban J connectivity index is 1.91. The van der Waals surface area contributed by atoms with Gasteiger partial charge >= 0.3 is 0 Å². The number of amides is 1. The number of rotatable bonds is 11. The van der Waals surface area contributed by atoms with Crippen LogP contribution in [0.5, 0.6) is 0 Å². The largest absolute Gasteiger partial charge is 0.467 e. The molecule has 3 rings (SSSR count). The molecule has 0 radical (unpaired) electrons. The Morgan fingerprint density at radius 2 is 1.80 bits per heavy atom. The average molecular weight is 520 g/mol. The molecule has 2 aromatic carbocycles. The van der Waals surface area contributed by atoms with Crippen molar-refractivity contribution in [1.82, 2.24) is 9.21 Å². The molecule has 9 nitrogen and oxygen atoms in total. The predicted octanol–water partition coefficient (Wildman–Crippen LogP) is 4.72. The van der Waals surface area contributed by atoms with Gasteiger partial charge in [-0.15, -0.1) is 0 Å². The van der Waals surface area contributed by atoms with Crippen LogP contribution in [0.3, 0.4) is 0 Å². The zero-order valence-electron chi connectivity index (χ0n) is 19.3. The fraction of sp³-hybridized carbons (Fsp3) is 0.292. The van der Waals surface area contributed by atoms with Crippen molar-refractivity contribution in [2.24, 2.45) is 5.92 Å².